The summed E-state index contributed by atoms with van der Waals surface area (Å²) in [6.45, 7) is 2.38. The summed E-state index contributed by atoms with van der Waals surface area (Å²) in [7, 11) is 0. The number of rotatable bonds is 5. The van der Waals surface area contributed by atoms with E-state index in [1.54, 1.807) is 0 Å². The van der Waals surface area contributed by atoms with Crippen LogP contribution in [0.1, 0.15) is 12.8 Å². The van der Waals surface area contributed by atoms with Crippen molar-refractivity contribution in [2.75, 3.05) is 19.6 Å². The highest BCUT2D eigenvalue weighted by Crippen LogP contribution is 1.93. The lowest BCUT2D eigenvalue weighted by Crippen LogP contribution is -2.36. The quantitative estimate of drug-likeness (QED) is 0.414. The predicted molar refractivity (Wildman–Crippen MR) is 53.2 cm³/mol. The lowest BCUT2D eigenvalue weighted by Gasteiger charge is -2.08. The van der Waals surface area contributed by atoms with Gasteiger partial charge in [0.05, 0.1) is 6.54 Å². The molecule has 0 saturated heterocycles. The van der Waals surface area contributed by atoms with Crippen LogP contribution >= 0.6 is 0 Å². The van der Waals surface area contributed by atoms with E-state index in [4.69, 9.17) is 10.8 Å². The number of nitrogens with zero attached hydrogens (tertiary/aromatic N) is 1. The van der Waals surface area contributed by atoms with Crippen molar-refractivity contribution in [1.29, 1.82) is 0 Å². The third kappa shape index (κ3) is 3.61. The van der Waals surface area contributed by atoms with E-state index in [1.165, 1.54) is 0 Å². The minimum absolute atomic E-state index is 0.482. The maximum absolute atomic E-state index is 10.4. The second-order valence-corrected chi connectivity index (χ2v) is 3.17. The van der Waals surface area contributed by atoms with Gasteiger partial charge in [-0.15, -0.1) is 0 Å². The Bertz CT molecular complexity index is 229. The van der Waals surface area contributed by atoms with Crippen molar-refractivity contribution in [1.82, 2.24) is 10.6 Å². The molecule has 6 heteroatoms. The fourth-order valence-corrected chi connectivity index (χ4v) is 1.17. The van der Waals surface area contributed by atoms with Gasteiger partial charge < -0.3 is 21.5 Å². The van der Waals surface area contributed by atoms with Crippen molar-refractivity contribution < 1.29 is 9.90 Å². The molecule has 1 heterocycles. The maximum atomic E-state index is 10.4. The van der Waals surface area contributed by atoms with Crippen molar-refractivity contribution in [3.63, 3.8) is 0 Å². The number of hydrogen-bond acceptors (Lipinski definition) is 5. The second-order valence-electron chi connectivity index (χ2n) is 3.17. The Balaban J connectivity index is 2.01. The van der Waals surface area contributed by atoms with Gasteiger partial charge in [0.2, 0.25) is 0 Å². The average molecular weight is 200 g/mol. The molecule has 1 unspecified atom stereocenters. The predicted octanol–water partition coefficient (Wildman–Crippen LogP) is -1.27. The van der Waals surface area contributed by atoms with Gasteiger partial charge >= 0.3 is 5.97 Å². The van der Waals surface area contributed by atoms with Crippen LogP contribution in [0, 0.1) is 0 Å². The van der Waals surface area contributed by atoms with Gasteiger partial charge in [-0.1, -0.05) is 0 Å². The van der Waals surface area contributed by atoms with Crippen molar-refractivity contribution in [2.24, 2.45) is 10.7 Å². The number of nitrogens with one attached hydrogen (secondary N) is 2. The molecule has 14 heavy (non-hydrogen) atoms. The number of aliphatic imine (C=N–C) groups is 1. The third-order valence-corrected chi connectivity index (χ3v) is 1.98. The fraction of sp³-hybridized carbons (Fsp3) is 0.750. The Morgan fingerprint density at radius 2 is 2.57 bits per heavy atom. The van der Waals surface area contributed by atoms with Crippen LogP contribution in [-0.2, 0) is 4.79 Å². The normalized spacial score (nSPS) is 17.1. The fourth-order valence-electron chi connectivity index (χ4n) is 1.17. The molecule has 0 saturated carbocycles. The number of carboxylic acid groups (broad SMARTS) is 1. The van der Waals surface area contributed by atoms with Crippen LogP contribution in [0.4, 0.5) is 0 Å². The lowest BCUT2D eigenvalue weighted by atomic mass is 10.2. The number of hydrogen-bond donors (Lipinski definition) is 4. The Hall–Kier alpha value is -1.30. The van der Waals surface area contributed by atoms with Crippen LogP contribution in [-0.4, -0.2) is 42.7 Å². The van der Waals surface area contributed by atoms with E-state index in [0.717, 1.165) is 25.5 Å². The van der Waals surface area contributed by atoms with Gasteiger partial charge in [-0.3, -0.25) is 9.79 Å². The van der Waals surface area contributed by atoms with Gasteiger partial charge in [0.25, 0.3) is 0 Å². The zero-order chi connectivity index (χ0) is 10.4. The summed E-state index contributed by atoms with van der Waals surface area (Å²) >= 11 is 0. The molecular formula is C8H16N4O2. The van der Waals surface area contributed by atoms with E-state index >= 15 is 0 Å². The van der Waals surface area contributed by atoms with Crippen molar-refractivity contribution in [3.05, 3.63) is 0 Å². The Morgan fingerprint density at radius 3 is 3.14 bits per heavy atom. The molecule has 0 radical (unpaired) electrons. The van der Waals surface area contributed by atoms with E-state index < -0.39 is 12.0 Å². The number of guanidine groups is 1. The third-order valence-electron chi connectivity index (χ3n) is 1.98. The molecule has 0 aromatic heterocycles. The van der Waals surface area contributed by atoms with Crippen molar-refractivity contribution in [3.8, 4) is 0 Å². The minimum atomic E-state index is -0.943. The van der Waals surface area contributed by atoms with Gasteiger partial charge in [-0.25, -0.2) is 0 Å². The highest BCUT2D eigenvalue weighted by atomic mass is 16.4. The topological polar surface area (TPSA) is 99.7 Å². The molecular weight excluding hydrogens is 184 g/mol. The molecule has 5 N–H and O–H groups in total. The zero-order valence-corrected chi connectivity index (χ0v) is 7.99. The minimum Gasteiger partial charge on any atom is -0.480 e. The molecule has 0 amide bonds. The van der Waals surface area contributed by atoms with Gasteiger partial charge in [0, 0.05) is 13.1 Å². The first-order valence-corrected chi connectivity index (χ1v) is 4.70. The Morgan fingerprint density at radius 1 is 1.79 bits per heavy atom. The smallest absolute Gasteiger partial charge is 0.320 e. The monoisotopic (exact) mass is 200 g/mol. The van der Waals surface area contributed by atoms with Crippen LogP contribution in [0.3, 0.4) is 0 Å². The van der Waals surface area contributed by atoms with Crippen LogP contribution in [0.2, 0.25) is 0 Å². The molecule has 0 spiro atoms. The molecule has 80 valence electrons. The summed E-state index contributed by atoms with van der Waals surface area (Å²) in [5.41, 5.74) is 5.34. The standard InChI is InChI=1S/C8H16N4O2/c9-6(7(13)14)2-1-3-10-8-11-4-5-12-8/h6H,1-5,9H2,(H,13,14)(H2,10,11,12). The van der Waals surface area contributed by atoms with E-state index in [-0.39, 0.29) is 0 Å². The van der Waals surface area contributed by atoms with E-state index in [9.17, 15) is 4.79 Å². The van der Waals surface area contributed by atoms with E-state index in [1.807, 2.05) is 0 Å². The first-order valence-electron chi connectivity index (χ1n) is 4.70. The molecule has 0 bridgehead atoms. The molecule has 0 aliphatic carbocycles. The van der Waals surface area contributed by atoms with E-state index in [0.29, 0.717) is 13.0 Å². The van der Waals surface area contributed by atoms with Crippen LogP contribution in [0.15, 0.2) is 4.99 Å². The van der Waals surface area contributed by atoms with Gasteiger partial charge in [-0.05, 0) is 12.8 Å². The lowest BCUT2D eigenvalue weighted by molar-refractivity contribution is -0.138. The van der Waals surface area contributed by atoms with Crippen LogP contribution in [0.5, 0.6) is 0 Å². The first kappa shape index (κ1) is 10.8. The SMILES string of the molecule is NC(CCCNC1=NCCN1)C(=O)O. The molecule has 0 aromatic carbocycles. The van der Waals surface area contributed by atoms with Gasteiger partial charge in [0.1, 0.15) is 6.04 Å². The van der Waals surface area contributed by atoms with Crippen LogP contribution in [0.25, 0.3) is 0 Å². The van der Waals surface area contributed by atoms with E-state index in [2.05, 4.69) is 15.6 Å². The van der Waals surface area contributed by atoms with Crippen molar-refractivity contribution >= 4 is 11.9 Å². The van der Waals surface area contributed by atoms with Crippen molar-refractivity contribution in [2.45, 2.75) is 18.9 Å². The Kier molecular flexibility index (Phi) is 4.18. The summed E-state index contributed by atoms with van der Waals surface area (Å²) in [6.07, 6.45) is 1.21. The molecule has 0 fully saturated rings. The number of carbonyl (C=O) groups is 1. The largest absolute Gasteiger partial charge is 0.480 e. The summed E-state index contributed by atoms with van der Waals surface area (Å²) in [6, 6.07) is -0.754. The summed E-state index contributed by atoms with van der Waals surface area (Å²) in [4.78, 5) is 14.5. The average Bonchev–Trinajstić information content (AvgIpc) is 2.64. The van der Waals surface area contributed by atoms with Gasteiger partial charge in [-0.2, -0.15) is 0 Å². The molecule has 1 rings (SSSR count). The first-order chi connectivity index (χ1) is 6.70. The number of nitrogens with two attached hydrogens (primary N) is 1. The number of aliphatic carboxylic acids is 1. The number of carboxylic acids is 1. The molecule has 1 aliphatic heterocycles. The molecule has 0 aromatic rings. The van der Waals surface area contributed by atoms with Gasteiger partial charge in [0.15, 0.2) is 5.96 Å². The highest BCUT2D eigenvalue weighted by Gasteiger charge is 2.10. The highest BCUT2D eigenvalue weighted by molar-refractivity contribution is 5.81. The molecule has 1 atom stereocenters. The van der Waals surface area contributed by atoms with Crippen LogP contribution < -0.4 is 16.4 Å². The summed E-state index contributed by atoms with van der Waals surface area (Å²) < 4.78 is 0. The summed E-state index contributed by atoms with van der Waals surface area (Å²) in [5.74, 6) is -0.143. The zero-order valence-electron chi connectivity index (χ0n) is 7.99. The molecule has 1 aliphatic rings. The molecule has 6 nitrogen and oxygen atoms in total. The Labute approximate surface area is 82.6 Å². The second kappa shape index (κ2) is 5.43. The maximum Gasteiger partial charge on any atom is 0.320 e. The summed E-state index contributed by atoms with van der Waals surface area (Å²) in [5, 5.41) is 14.6.